The topological polar surface area (TPSA) is 133 Å². The standard InChI is InChI=1S/C25H27Cl2N3O7S/c1-4-37-25(32)23-19(14-36-12-11-29-38(33,34)16-9-10-20(27)28-13-16)30-15(2)21(24(31)35-3)22(23)17-7-5-6-8-18(17)26/h5-10,13,22,29-30H,4,11-12,14H2,1-3H3. The first-order valence-corrected chi connectivity index (χ1v) is 13.7. The van der Waals surface area contributed by atoms with Crippen molar-refractivity contribution in [3.8, 4) is 0 Å². The molecule has 1 aliphatic heterocycles. The van der Waals surface area contributed by atoms with Gasteiger partial charge in [-0.1, -0.05) is 41.4 Å². The van der Waals surface area contributed by atoms with Crippen molar-refractivity contribution in [1.29, 1.82) is 0 Å². The molecular weight excluding hydrogens is 557 g/mol. The third-order valence-corrected chi connectivity index (χ3v) is 7.57. The number of halogens is 2. The maximum absolute atomic E-state index is 13.2. The number of esters is 2. The van der Waals surface area contributed by atoms with E-state index >= 15 is 0 Å². The molecule has 10 nitrogen and oxygen atoms in total. The Labute approximate surface area is 231 Å². The van der Waals surface area contributed by atoms with E-state index in [-0.39, 0.29) is 47.6 Å². The van der Waals surface area contributed by atoms with Crippen LogP contribution in [0.5, 0.6) is 0 Å². The molecular formula is C25H27Cl2N3O7S. The second kappa shape index (κ2) is 13.2. The fourth-order valence-corrected chi connectivity index (χ4v) is 5.20. The molecule has 38 heavy (non-hydrogen) atoms. The molecule has 0 radical (unpaired) electrons. The minimum atomic E-state index is -3.82. The average Bonchev–Trinajstić information content (AvgIpc) is 2.88. The molecule has 0 saturated carbocycles. The van der Waals surface area contributed by atoms with E-state index in [1.807, 2.05) is 0 Å². The lowest BCUT2D eigenvalue weighted by Crippen LogP contribution is -2.35. The van der Waals surface area contributed by atoms with E-state index in [2.05, 4.69) is 15.0 Å². The molecule has 0 fully saturated rings. The van der Waals surface area contributed by atoms with Crippen LogP contribution in [0.2, 0.25) is 10.2 Å². The molecule has 13 heteroatoms. The number of carbonyl (C=O) groups is 2. The summed E-state index contributed by atoms with van der Waals surface area (Å²) in [5.41, 5.74) is 1.66. The van der Waals surface area contributed by atoms with Crippen LogP contribution < -0.4 is 10.0 Å². The molecule has 1 aromatic carbocycles. The first-order valence-electron chi connectivity index (χ1n) is 11.5. The predicted molar refractivity (Wildman–Crippen MR) is 141 cm³/mol. The Morgan fingerprint density at radius 1 is 1.11 bits per heavy atom. The molecule has 0 saturated heterocycles. The summed E-state index contributed by atoms with van der Waals surface area (Å²) in [6, 6.07) is 9.56. The minimum absolute atomic E-state index is 0.0229. The van der Waals surface area contributed by atoms with E-state index in [1.54, 1.807) is 38.1 Å². The van der Waals surface area contributed by atoms with Crippen LogP contribution in [0, 0.1) is 0 Å². The van der Waals surface area contributed by atoms with Crippen molar-refractivity contribution in [2.24, 2.45) is 0 Å². The lowest BCUT2D eigenvalue weighted by Gasteiger charge is -2.31. The monoisotopic (exact) mass is 583 g/mol. The Balaban J connectivity index is 1.85. The molecule has 2 heterocycles. The van der Waals surface area contributed by atoms with Crippen LogP contribution in [0.1, 0.15) is 25.3 Å². The molecule has 1 aliphatic rings. The second-order valence-electron chi connectivity index (χ2n) is 7.99. The number of rotatable bonds is 11. The number of nitrogens with zero attached hydrogens (tertiary/aromatic N) is 1. The number of aromatic nitrogens is 1. The summed E-state index contributed by atoms with van der Waals surface area (Å²) in [5.74, 6) is -2.17. The van der Waals surface area contributed by atoms with Gasteiger partial charge in [-0.05, 0) is 37.6 Å². The summed E-state index contributed by atoms with van der Waals surface area (Å²) < 4.78 is 43.3. The van der Waals surface area contributed by atoms with Gasteiger partial charge in [-0.15, -0.1) is 0 Å². The zero-order chi connectivity index (χ0) is 27.9. The number of hydrogen-bond acceptors (Lipinski definition) is 9. The first kappa shape index (κ1) is 29.6. The molecule has 3 rings (SSSR count). The average molecular weight is 584 g/mol. The number of sulfonamides is 1. The van der Waals surface area contributed by atoms with Gasteiger partial charge in [0.2, 0.25) is 10.0 Å². The fourth-order valence-electron chi connectivity index (χ4n) is 3.89. The van der Waals surface area contributed by atoms with Crippen molar-refractivity contribution in [2.75, 3.05) is 33.5 Å². The van der Waals surface area contributed by atoms with Gasteiger partial charge in [0.05, 0.1) is 49.7 Å². The maximum atomic E-state index is 13.2. The van der Waals surface area contributed by atoms with Crippen molar-refractivity contribution < 1.29 is 32.2 Å². The molecule has 1 aromatic heterocycles. The van der Waals surface area contributed by atoms with Crippen LogP contribution in [-0.4, -0.2) is 58.8 Å². The molecule has 1 atom stereocenters. The van der Waals surface area contributed by atoms with Crippen molar-refractivity contribution in [1.82, 2.24) is 15.0 Å². The Hall–Kier alpha value is -2.96. The van der Waals surface area contributed by atoms with E-state index in [9.17, 15) is 18.0 Å². The zero-order valence-corrected chi connectivity index (χ0v) is 23.2. The van der Waals surface area contributed by atoms with Gasteiger partial charge in [-0.3, -0.25) is 0 Å². The molecule has 2 N–H and O–H groups in total. The lowest BCUT2D eigenvalue weighted by molar-refractivity contribution is -0.139. The number of carbonyl (C=O) groups excluding carboxylic acids is 2. The Morgan fingerprint density at radius 2 is 1.84 bits per heavy atom. The number of pyridine rings is 1. The van der Waals surface area contributed by atoms with Gasteiger partial charge < -0.3 is 19.5 Å². The number of ether oxygens (including phenoxy) is 3. The van der Waals surface area contributed by atoms with E-state index in [1.165, 1.54) is 19.2 Å². The summed E-state index contributed by atoms with van der Waals surface area (Å²) in [4.78, 5) is 29.7. The first-order chi connectivity index (χ1) is 18.1. The highest BCUT2D eigenvalue weighted by Gasteiger charge is 2.39. The highest BCUT2D eigenvalue weighted by molar-refractivity contribution is 7.89. The van der Waals surface area contributed by atoms with Crippen LogP contribution >= 0.6 is 23.2 Å². The highest BCUT2D eigenvalue weighted by Crippen LogP contribution is 2.41. The van der Waals surface area contributed by atoms with Gasteiger partial charge in [0.15, 0.2) is 0 Å². The normalized spacial score (nSPS) is 15.8. The second-order valence-corrected chi connectivity index (χ2v) is 10.6. The number of nitrogens with one attached hydrogen (secondary N) is 2. The summed E-state index contributed by atoms with van der Waals surface area (Å²) in [6.07, 6.45) is 1.15. The summed E-state index contributed by atoms with van der Waals surface area (Å²) in [7, 11) is -2.57. The number of hydrogen-bond donors (Lipinski definition) is 2. The van der Waals surface area contributed by atoms with Gasteiger partial charge in [0.25, 0.3) is 0 Å². The quantitative estimate of drug-likeness (QED) is 0.232. The van der Waals surface area contributed by atoms with Crippen LogP contribution in [0.3, 0.4) is 0 Å². The Kier molecular flexibility index (Phi) is 10.3. The van der Waals surface area contributed by atoms with E-state index in [4.69, 9.17) is 37.4 Å². The van der Waals surface area contributed by atoms with Crippen LogP contribution in [0.25, 0.3) is 0 Å². The molecule has 0 aliphatic carbocycles. The lowest BCUT2D eigenvalue weighted by atomic mass is 9.80. The van der Waals surface area contributed by atoms with Crippen molar-refractivity contribution in [3.05, 3.63) is 80.9 Å². The number of benzene rings is 1. The number of allylic oxidation sites excluding steroid dienone is 1. The Morgan fingerprint density at radius 3 is 2.47 bits per heavy atom. The van der Waals surface area contributed by atoms with E-state index in [0.717, 1.165) is 6.20 Å². The molecule has 0 spiro atoms. The van der Waals surface area contributed by atoms with E-state index in [0.29, 0.717) is 22.0 Å². The summed E-state index contributed by atoms with van der Waals surface area (Å²) in [5, 5.41) is 3.58. The Bertz CT molecular complexity index is 1360. The fraction of sp³-hybridized carbons (Fsp3) is 0.320. The van der Waals surface area contributed by atoms with Crippen LogP contribution in [0.4, 0.5) is 0 Å². The molecule has 204 valence electrons. The molecule has 2 aromatic rings. The highest BCUT2D eigenvalue weighted by atomic mass is 35.5. The minimum Gasteiger partial charge on any atom is -0.466 e. The third kappa shape index (κ3) is 6.91. The van der Waals surface area contributed by atoms with Gasteiger partial charge in [-0.2, -0.15) is 0 Å². The van der Waals surface area contributed by atoms with Gasteiger partial charge in [-0.25, -0.2) is 27.7 Å². The third-order valence-electron chi connectivity index (χ3n) is 5.56. The largest absolute Gasteiger partial charge is 0.466 e. The molecule has 0 amide bonds. The molecule has 1 unspecified atom stereocenters. The predicted octanol–water partition coefficient (Wildman–Crippen LogP) is 3.33. The van der Waals surface area contributed by atoms with Crippen molar-refractivity contribution in [2.45, 2.75) is 24.7 Å². The summed E-state index contributed by atoms with van der Waals surface area (Å²) >= 11 is 12.2. The zero-order valence-electron chi connectivity index (χ0n) is 20.9. The van der Waals surface area contributed by atoms with Gasteiger partial charge in [0.1, 0.15) is 10.0 Å². The van der Waals surface area contributed by atoms with Crippen molar-refractivity contribution in [3.63, 3.8) is 0 Å². The van der Waals surface area contributed by atoms with E-state index < -0.39 is 27.9 Å². The van der Waals surface area contributed by atoms with Crippen LogP contribution in [0.15, 0.2) is 70.0 Å². The van der Waals surface area contributed by atoms with Crippen molar-refractivity contribution >= 4 is 45.2 Å². The van der Waals surface area contributed by atoms with Gasteiger partial charge in [0, 0.05) is 23.5 Å². The molecule has 0 bridgehead atoms. The summed E-state index contributed by atoms with van der Waals surface area (Å²) in [6.45, 7) is 3.26. The number of methoxy groups -OCH3 is 1. The number of dihydropyridines is 1. The van der Waals surface area contributed by atoms with Gasteiger partial charge >= 0.3 is 11.9 Å². The SMILES string of the molecule is CCOC(=O)C1=C(COCCNS(=O)(=O)c2ccc(Cl)nc2)NC(C)=C(C(=O)OC)C1c1ccccc1Cl. The maximum Gasteiger partial charge on any atom is 0.336 e. The smallest absolute Gasteiger partial charge is 0.336 e. The van der Waals surface area contributed by atoms with Crippen LogP contribution in [-0.2, 0) is 33.8 Å².